The van der Waals surface area contributed by atoms with Crippen LogP contribution in [0.1, 0.15) is 16.7 Å². The minimum atomic E-state index is -4.88. The number of alkyl halides is 3. The predicted octanol–water partition coefficient (Wildman–Crippen LogP) is 3.14. The maximum Gasteiger partial charge on any atom is 0.417 e. The predicted molar refractivity (Wildman–Crippen MR) is 54.2 cm³/mol. The molecule has 0 atom stereocenters. The van der Waals surface area contributed by atoms with Crippen LogP contribution < -0.4 is 0 Å². The monoisotopic (exact) mass is 264 g/mol. The first-order valence-corrected chi connectivity index (χ1v) is 4.57. The molecule has 98 valence electrons. The molecule has 0 aliphatic rings. The van der Waals surface area contributed by atoms with Gasteiger partial charge in [-0.05, 0) is 13.8 Å². The molecule has 0 radical (unpaired) electrons. The van der Waals surface area contributed by atoms with Crippen LogP contribution in [0, 0.1) is 34.1 Å². The zero-order chi connectivity index (χ0) is 14.2. The van der Waals surface area contributed by atoms with Gasteiger partial charge in [0, 0.05) is 11.6 Å². The molecule has 0 heterocycles. The van der Waals surface area contributed by atoms with E-state index in [9.17, 15) is 33.4 Å². The average Bonchev–Trinajstić information content (AvgIpc) is 2.13. The first kappa shape index (κ1) is 13.9. The van der Waals surface area contributed by atoms with Gasteiger partial charge in [0.25, 0.3) is 11.4 Å². The van der Waals surface area contributed by atoms with Crippen LogP contribution in [0.15, 0.2) is 6.07 Å². The lowest BCUT2D eigenvalue weighted by atomic mass is 10.0. The van der Waals surface area contributed by atoms with Gasteiger partial charge in [-0.2, -0.15) is 13.2 Å². The van der Waals surface area contributed by atoms with E-state index < -0.39 is 44.1 Å². The number of nitrogens with zero attached hydrogens (tertiary/aromatic N) is 2. The van der Waals surface area contributed by atoms with Crippen molar-refractivity contribution in [2.75, 3.05) is 0 Å². The zero-order valence-electron chi connectivity index (χ0n) is 9.24. The van der Waals surface area contributed by atoms with Crippen LogP contribution in [0.4, 0.5) is 24.5 Å². The van der Waals surface area contributed by atoms with Gasteiger partial charge in [-0.25, -0.2) is 0 Å². The van der Waals surface area contributed by atoms with Gasteiger partial charge in [-0.3, -0.25) is 20.2 Å². The molecule has 6 nitrogen and oxygen atoms in total. The van der Waals surface area contributed by atoms with Crippen molar-refractivity contribution in [1.82, 2.24) is 0 Å². The SMILES string of the molecule is Cc1c([N+](=O)[O-])cc(C(F)(F)F)c(C)c1[N+](=O)[O-]. The summed E-state index contributed by atoms with van der Waals surface area (Å²) in [6.45, 7) is 1.96. The molecule has 0 N–H and O–H groups in total. The molecule has 0 spiro atoms. The Morgan fingerprint density at radius 2 is 1.56 bits per heavy atom. The fourth-order valence-electron chi connectivity index (χ4n) is 1.64. The van der Waals surface area contributed by atoms with Gasteiger partial charge in [0.1, 0.15) is 5.56 Å². The van der Waals surface area contributed by atoms with Crippen LogP contribution in [0.2, 0.25) is 0 Å². The van der Waals surface area contributed by atoms with Crippen LogP contribution in [-0.4, -0.2) is 9.85 Å². The molecule has 0 amide bonds. The Kier molecular flexibility index (Phi) is 3.27. The van der Waals surface area contributed by atoms with Gasteiger partial charge in [-0.15, -0.1) is 0 Å². The van der Waals surface area contributed by atoms with Crippen molar-refractivity contribution >= 4 is 11.4 Å². The highest BCUT2D eigenvalue weighted by atomic mass is 19.4. The van der Waals surface area contributed by atoms with E-state index in [-0.39, 0.29) is 0 Å². The first-order valence-electron chi connectivity index (χ1n) is 4.57. The van der Waals surface area contributed by atoms with Crippen LogP contribution in [0.3, 0.4) is 0 Å². The van der Waals surface area contributed by atoms with Crippen molar-refractivity contribution in [2.45, 2.75) is 20.0 Å². The Labute approximate surface area is 98.3 Å². The second kappa shape index (κ2) is 4.24. The molecule has 1 aromatic carbocycles. The van der Waals surface area contributed by atoms with Gasteiger partial charge in [-0.1, -0.05) is 0 Å². The number of nitro benzene ring substituents is 2. The van der Waals surface area contributed by atoms with E-state index in [4.69, 9.17) is 0 Å². The number of halogens is 3. The summed E-state index contributed by atoms with van der Waals surface area (Å²) in [6, 6.07) is 0.317. The Balaban J connectivity index is 3.78. The quantitative estimate of drug-likeness (QED) is 0.606. The standard InChI is InChI=1S/C9H7F3N2O4/c1-4-6(9(10,11)12)3-7(13(15)16)5(2)8(4)14(17)18/h3H,1-2H3. The van der Waals surface area contributed by atoms with Gasteiger partial charge in [0.15, 0.2) is 0 Å². The number of hydrogen-bond donors (Lipinski definition) is 0. The Morgan fingerprint density at radius 1 is 1.06 bits per heavy atom. The number of nitro groups is 2. The summed E-state index contributed by atoms with van der Waals surface area (Å²) >= 11 is 0. The van der Waals surface area contributed by atoms with Crippen LogP contribution >= 0.6 is 0 Å². The third kappa shape index (κ3) is 2.24. The molecule has 9 heteroatoms. The molecule has 1 aromatic rings. The van der Waals surface area contributed by atoms with Crippen molar-refractivity contribution in [1.29, 1.82) is 0 Å². The van der Waals surface area contributed by atoms with E-state index in [1.807, 2.05) is 0 Å². The van der Waals surface area contributed by atoms with E-state index in [0.29, 0.717) is 6.07 Å². The second-order valence-electron chi connectivity index (χ2n) is 3.55. The van der Waals surface area contributed by atoms with Crippen molar-refractivity contribution in [3.8, 4) is 0 Å². The summed E-state index contributed by atoms with van der Waals surface area (Å²) in [4.78, 5) is 19.2. The van der Waals surface area contributed by atoms with Crippen molar-refractivity contribution in [2.24, 2.45) is 0 Å². The number of benzene rings is 1. The molecule has 0 unspecified atom stereocenters. The maximum atomic E-state index is 12.6. The average molecular weight is 264 g/mol. The maximum absolute atomic E-state index is 12.6. The molecular formula is C9H7F3N2O4. The summed E-state index contributed by atoms with van der Waals surface area (Å²) < 4.78 is 37.9. The molecule has 0 saturated heterocycles. The van der Waals surface area contributed by atoms with Crippen LogP contribution in [-0.2, 0) is 6.18 Å². The summed E-state index contributed by atoms with van der Waals surface area (Å²) in [7, 11) is 0. The van der Waals surface area contributed by atoms with E-state index in [0.717, 1.165) is 13.8 Å². The van der Waals surface area contributed by atoms with Crippen LogP contribution in [0.5, 0.6) is 0 Å². The van der Waals surface area contributed by atoms with Gasteiger partial charge in [0.05, 0.1) is 15.4 Å². The highest BCUT2D eigenvalue weighted by molar-refractivity contribution is 5.61. The first-order chi connectivity index (χ1) is 8.07. The fourth-order valence-corrected chi connectivity index (χ4v) is 1.64. The van der Waals surface area contributed by atoms with E-state index in [1.54, 1.807) is 0 Å². The molecular weight excluding hydrogens is 257 g/mol. The lowest BCUT2D eigenvalue weighted by Crippen LogP contribution is -2.11. The van der Waals surface area contributed by atoms with E-state index in [1.165, 1.54) is 0 Å². The third-order valence-electron chi connectivity index (χ3n) is 2.46. The molecule has 0 aliphatic heterocycles. The minimum Gasteiger partial charge on any atom is -0.258 e. The van der Waals surface area contributed by atoms with E-state index in [2.05, 4.69) is 0 Å². The minimum absolute atomic E-state index is 0.317. The Hall–Kier alpha value is -2.19. The number of hydrogen-bond acceptors (Lipinski definition) is 4. The largest absolute Gasteiger partial charge is 0.417 e. The van der Waals surface area contributed by atoms with Crippen LogP contribution in [0.25, 0.3) is 0 Å². The Bertz CT molecular complexity index is 540. The normalized spacial score (nSPS) is 11.4. The number of rotatable bonds is 2. The summed E-state index contributed by atoms with van der Waals surface area (Å²) in [6.07, 6.45) is -4.88. The molecule has 0 saturated carbocycles. The van der Waals surface area contributed by atoms with Gasteiger partial charge in [0.2, 0.25) is 0 Å². The van der Waals surface area contributed by atoms with Crippen molar-refractivity contribution < 1.29 is 23.0 Å². The van der Waals surface area contributed by atoms with Crippen molar-refractivity contribution in [3.63, 3.8) is 0 Å². The van der Waals surface area contributed by atoms with E-state index >= 15 is 0 Å². The molecule has 0 bridgehead atoms. The Morgan fingerprint density at radius 3 is 1.89 bits per heavy atom. The summed E-state index contributed by atoms with van der Waals surface area (Å²) in [5.74, 6) is 0. The molecule has 1 rings (SSSR count). The lowest BCUT2D eigenvalue weighted by molar-refractivity contribution is -0.396. The highest BCUT2D eigenvalue weighted by Gasteiger charge is 2.39. The smallest absolute Gasteiger partial charge is 0.258 e. The highest BCUT2D eigenvalue weighted by Crippen LogP contribution is 2.40. The third-order valence-corrected chi connectivity index (χ3v) is 2.46. The fraction of sp³-hybridized carbons (Fsp3) is 0.333. The van der Waals surface area contributed by atoms with Gasteiger partial charge >= 0.3 is 6.18 Å². The molecule has 0 aliphatic carbocycles. The second-order valence-corrected chi connectivity index (χ2v) is 3.55. The topological polar surface area (TPSA) is 86.3 Å². The summed E-state index contributed by atoms with van der Waals surface area (Å²) in [5.41, 5.74) is -4.19. The molecule has 18 heavy (non-hydrogen) atoms. The van der Waals surface area contributed by atoms with Gasteiger partial charge < -0.3 is 0 Å². The zero-order valence-corrected chi connectivity index (χ0v) is 9.24. The van der Waals surface area contributed by atoms with Crippen molar-refractivity contribution in [3.05, 3.63) is 43.0 Å². The summed E-state index contributed by atoms with van der Waals surface area (Å²) in [5, 5.41) is 21.3. The lowest BCUT2D eigenvalue weighted by Gasteiger charge is -2.11. The molecule has 0 fully saturated rings. The molecule has 0 aromatic heterocycles.